The highest BCUT2D eigenvalue weighted by Gasteiger charge is 2.20. The first-order valence-electron chi connectivity index (χ1n) is 9.74. The fraction of sp³-hybridized carbons (Fsp3) is 0.227. The van der Waals surface area contributed by atoms with Crippen LogP contribution in [-0.4, -0.2) is 52.6 Å². The molecular formula is C22H22ClN5O2S. The van der Waals surface area contributed by atoms with Gasteiger partial charge in [0.15, 0.2) is 5.13 Å². The second-order valence-electron chi connectivity index (χ2n) is 7.32. The van der Waals surface area contributed by atoms with Crippen molar-refractivity contribution >= 4 is 39.9 Å². The number of hydrogen-bond donors (Lipinski definition) is 1. The lowest BCUT2D eigenvalue weighted by atomic mass is 10.1. The molecule has 0 aliphatic rings. The van der Waals surface area contributed by atoms with Crippen LogP contribution >= 0.6 is 22.9 Å². The average molecular weight is 456 g/mol. The zero-order valence-electron chi connectivity index (χ0n) is 17.2. The van der Waals surface area contributed by atoms with Gasteiger partial charge in [0.2, 0.25) is 0 Å². The van der Waals surface area contributed by atoms with Gasteiger partial charge in [-0.15, -0.1) is 0 Å². The number of benzene rings is 2. The Labute approximate surface area is 189 Å². The molecule has 0 spiro atoms. The van der Waals surface area contributed by atoms with E-state index in [1.54, 1.807) is 18.5 Å². The molecule has 2 aromatic heterocycles. The zero-order valence-corrected chi connectivity index (χ0v) is 18.8. The number of amides is 1. The number of carbonyl (C=O) groups excluding carboxylic acids is 1. The third-order valence-corrected chi connectivity index (χ3v) is 5.99. The summed E-state index contributed by atoms with van der Waals surface area (Å²) >= 11 is 7.34. The Hall–Kier alpha value is -2.94. The average Bonchev–Trinajstić information content (AvgIpc) is 3.35. The molecule has 0 bridgehead atoms. The number of fused-ring (bicyclic) bond motifs is 1. The van der Waals surface area contributed by atoms with E-state index in [1.807, 2.05) is 49.0 Å². The monoisotopic (exact) mass is 455 g/mol. The smallest absolute Gasteiger partial charge is 0.261 e. The fourth-order valence-corrected chi connectivity index (χ4v) is 4.33. The van der Waals surface area contributed by atoms with Crippen molar-refractivity contribution < 1.29 is 9.53 Å². The minimum absolute atomic E-state index is 0.371. The van der Waals surface area contributed by atoms with Crippen molar-refractivity contribution in [3.8, 4) is 22.1 Å². The molecule has 1 amide bonds. The molecule has 0 saturated heterocycles. The Morgan fingerprint density at radius 2 is 2.10 bits per heavy atom. The number of aromatic nitrogens is 3. The summed E-state index contributed by atoms with van der Waals surface area (Å²) in [5.74, 6) is 0.225. The van der Waals surface area contributed by atoms with Crippen LogP contribution in [0.5, 0.6) is 5.75 Å². The van der Waals surface area contributed by atoms with E-state index >= 15 is 0 Å². The largest absolute Gasteiger partial charge is 0.493 e. The summed E-state index contributed by atoms with van der Waals surface area (Å²) in [7, 11) is 4.08. The van der Waals surface area contributed by atoms with E-state index in [1.165, 1.54) is 11.3 Å². The molecule has 0 aliphatic carbocycles. The van der Waals surface area contributed by atoms with E-state index in [4.69, 9.17) is 27.1 Å². The van der Waals surface area contributed by atoms with Gasteiger partial charge in [-0.2, -0.15) is 0 Å². The first-order valence-corrected chi connectivity index (χ1v) is 10.9. The molecule has 2 aromatic carbocycles. The van der Waals surface area contributed by atoms with E-state index in [0.717, 1.165) is 35.3 Å². The van der Waals surface area contributed by atoms with Gasteiger partial charge in [0.25, 0.3) is 5.91 Å². The molecule has 0 atom stereocenters. The Bertz CT molecular complexity index is 1230. The molecule has 2 N–H and O–H groups in total. The van der Waals surface area contributed by atoms with Gasteiger partial charge >= 0.3 is 0 Å². The summed E-state index contributed by atoms with van der Waals surface area (Å²) in [6, 6.07) is 12.9. The number of nitrogens with two attached hydrogens (primary N) is 1. The number of hydrogen-bond acceptors (Lipinski definition) is 6. The van der Waals surface area contributed by atoms with Crippen molar-refractivity contribution in [1.29, 1.82) is 0 Å². The standard InChI is InChI=1S/C22H22ClN5O2S/c1-27(2)9-4-10-30-16-7-8-17-18(12-16)28(13-25-17)22-26-19(20(31-22)21(24)29)14-5-3-6-15(23)11-14/h3,5-8,11-13H,4,9-10H2,1-2H3,(H2,24,29). The number of imidazole rings is 1. The van der Waals surface area contributed by atoms with Crippen molar-refractivity contribution in [2.75, 3.05) is 27.2 Å². The van der Waals surface area contributed by atoms with Crippen molar-refractivity contribution in [3.63, 3.8) is 0 Å². The van der Waals surface area contributed by atoms with Crippen molar-refractivity contribution in [2.45, 2.75) is 6.42 Å². The van der Waals surface area contributed by atoms with E-state index in [9.17, 15) is 4.79 Å². The van der Waals surface area contributed by atoms with E-state index in [0.29, 0.717) is 27.3 Å². The number of carbonyl (C=O) groups is 1. The molecule has 160 valence electrons. The Kier molecular flexibility index (Phi) is 6.22. The Morgan fingerprint density at radius 1 is 1.26 bits per heavy atom. The van der Waals surface area contributed by atoms with Crippen LogP contribution in [0.2, 0.25) is 5.02 Å². The normalized spacial score (nSPS) is 11.4. The molecular weight excluding hydrogens is 434 g/mol. The highest BCUT2D eigenvalue weighted by Crippen LogP contribution is 2.33. The first kappa shape index (κ1) is 21.3. The zero-order chi connectivity index (χ0) is 22.0. The van der Waals surface area contributed by atoms with Crippen LogP contribution in [-0.2, 0) is 0 Å². The quantitative estimate of drug-likeness (QED) is 0.402. The third-order valence-electron chi connectivity index (χ3n) is 4.68. The van der Waals surface area contributed by atoms with Crippen LogP contribution in [0.1, 0.15) is 16.1 Å². The van der Waals surface area contributed by atoms with Crippen LogP contribution in [0, 0.1) is 0 Å². The van der Waals surface area contributed by atoms with Gasteiger partial charge in [0.05, 0.1) is 23.3 Å². The first-order chi connectivity index (χ1) is 14.9. The van der Waals surface area contributed by atoms with Crippen LogP contribution in [0.4, 0.5) is 0 Å². The van der Waals surface area contributed by atoms with Gasteiger partial charge in [-0.05, 0) is 44.8 Å². The molecule has 4 aromatic rings. The van der Waals surface area contributed by atoms with Crippen molar-refractivity contribution in [3.05, 3.63) is 58.7 Å². The molecule has 0 unspecified atom stereocenters. The van der Waals surface area contributed by atoms with Crippen LogP contribution in [0.3, 0.4) is 0 Å². The van der Waals surface area contributed by atoms with E-state index < -0.39 is 5.91 Å². The highest BCUT2D eigenvalue weighted by atomic mass is 35.5. The molecule has 4 rings (SSSR count). The number of halogens is 1. The molecule has 0 aliphatic heterocycles. The summed E-state index contributed by atoms with van der Waals surface area (Å²) in [5, 5.41) is 1.16. The fourth-order valence-electron chi connectivity index (χ4n) is 3.21. The summed E-state index contributed by atoms with van der Waals surface area (Å²) in [6.07, 6.45) is 2.62. The third kappa shape index (κ3) is 4.71. The van der Waals surface area contributed by atoms with Crippen LogP contribution < -0.4 is 10.5 Å². The molecule has 2 heterocycles. The minimum Gasteiger partial charge on any atom is -0.493 e. The molecule has 9 heteroatoms. The van der Waals surface area contributed by atoms with E-state index in [2.05, 4.69) is 9.88 Å². The molecule has 0 fully saturated rings. The number of nitrogens with zero attached hydrogens (tertiary/aromatic N) is 4. The molecule has 0 saturated carbocycles. The predicted octanol–water partition coefficient (Wildman–Crippen LogP) is 4.23. The lowest BCUT2D eigenvalue weighted by molar-refractivity contribution is 0.100. The summed E-state index contributed by atoms with van der Waals surface area (Å²) in [5.41, 5.74) is 8.52. The maximum absolute atomic E-state index is 12.1. The topological polar surface area (TPSA) is 86.3 Å². The summed E-state index contributed by atoms with van der Waals surface area (Å²) in [6.45, 7) is 1.58. The molecule has 7 nitrogen and oxygen atoms in total. The number of ether oxygens (including phenoxy) is 1. The van der Waals surface area contributed by atoms with Crippen LogP contribution in [0.25, 0.3) is 27.4 Å². The van der Waals surface area contributed by atoms with E-state index in [-0.39, 0.29) is 0 Å². The highest BCUT2D eigenvalue weighted by molar-refractivity contribution is 7.16. The lowest BCUT2D eigenvalue weighted by Gasteiger charge is -2.10. The molecule has 31 heavy (non-hydrogen) atoms. The number of primary amides is 1. The van der Waals surface area contributed by atoms with Crippen molar-refractivity contribution in [2.24, 2.45) is 5.73 Å². The van der Waals surface area contributed by atoms with Gasteiger partial charge < -0.3 is 15.4 Å². The van der Waals surface area contributed by atoms with Crippen LogP contribution in [0.15, 0.2) is 48.8 Å². The Morgan fingerprint density at radius 3 is 2.84 bits per heavy atom. The minimum atomic E-state index is -0.534. The molecule has 0 radical (unpaired) electrons. The van der Waals surface area contributed by atoms with Gasteiger partial charge in [0, 0.05) is 23.2 Å². The van der Waals surface area contributed by atoms with Gasteiger partial charge in [-0.3, -0.25) is 9.36 Å². The second-order valence-corrected chi connectivity index (χ2v) is 8.73. The van der Waals surface area contributed by atoms with Gasteiger partial charge in [0.1, 0.15) is 17.0 Å². The summed E-state index contributed by atoms with van der Waals surface area (Å²) < 4.78 is 7.74. The van der Waals surface area contributed by atoms with Gasteiger partial charge in [-0.25, -0.2) is 9.97 Å². The number of thiazole rings is 1. The predicted molar refractivity (Wildman–Crippen MR) is 124 cm³/mol. The SMILES string of the molecule is CN(C)CCCOc1ccc2ncn(-c3nc(-c4cccc(Cl)c4)c(C(N)=O)s3)c2c1. The summed E-state index contributed by atoms with van der Waals surface area (Å²) in [4.78, 5) is 23.7. The Balaban J connectivity index is 1.69. The second kappa shape index (κ2) is 9.05. The van der Waals surface area contributed by atoms with Gasteiger partial charge in [-0.1, -0.05) is 35.1 Å². The van der Waals surface area contributed by atoms with Crippen molar-refractivity contribution in [1.82, 2.24) is 19.4 Å². The maximum atomic E-state index is 12.1. The lowest BCUT2D eigenvalue weighted by Crippen LogP contribution is -2.15. The number of rotatable bonds is 8. The maximum Gasteiger partial charge on any atom is 0.261 e.